The Balaban J connectivity index is 1.57. The van der Waals surface area contributed by atoms with E-state index < -0.39 is 6.10 Å². The Morgan fingerprint density at radius 2 is 2.14 bits per heavy atom. The quantitative estimate of drug-likeness (QED) is 0.766. The topological polar surface area (TPSA) is 78.7 Å². The van der Waals surface area contributed by atoms with E-state index in [4.69, 9.17) is 14.7 Å². The van der Waals surface area contributed by atoms with Crippen LogP contribution in [0, 0.1) is 11.3 Å². The molecule has 1 amide bonds. The van der Waals surface area contributed by atoms with E-state index in [1.807, 2.05) is 4.90 Å². The maximum Gasteiger partial charge on any atom is 0.254 e. The number of ether oxygens (including phenoxy) is 2. The number of anilines is 1. The summed E-state index contributed by atoms with van der Waals surface area (Å²) >= 11 is 0. The summed E-state index contributed by atoms with van der Waals surface area (Å²) in [6.45, 7) is 4.00. The number of nitrogens with zero attached hydrogens (tertiary/aromatic N) is 4. The summed E-state index contributed by atoms with van der Waals surface area (Å²) in [4.78, 5) is 20.5. The second-order valence-corrected chi connectivity index (χ2v) is 5.26. The van der Waals surface area contributed by atoms with Crippen LogP contribution in [0.5, 0.6) is 0 Å². The van der Waals surface area contributed by atoms with Gasteiger partial charge in [0.1, 0.15) is 5.82 Å². The van der Waals surface area contributed by atoms with E-state index in [1.165, 1.54) is 0 Å². The Bertz CT molecular complexity index is 572. The summed E-state index contributed by atoms with van der Waals surface area (Å²) in [5.41, 5.74) is 0.594. The van der Waals surface area contributed by atoms with E-state index in [2.05, 4.69) is 16.0 Å². The van der Waals surface area contributed by atoms with E-state index in [0.29, 0.717) is 51.6 Å². The summed E-state index contributed by atoms with van der Waals surface area (Å²) in [5.74, 6) is 0.779. The molecule has 116 valence electrons. The third kappa shape index (κ3) is 3.18. The fourth-order valence-electron chi connectivity index (χ4n) is 2.65. The lowest BCUT2D eigenvalue weighted by molar-refractivity contribution is -0.158. The molecule has 3 rings (SSSR count). The van der Waals surface area contributed by atoms with Gasteiger partial charge in [0, 0.05) is 32.4 Å². The molecule has 1 aromatic heterocycles. The fraction of sp³-hybridized carbons (Fsp3) is 0.533. The van der Waals surface area contributed by atoms with Crippen LogP contribution >= 0.6 is 0 Å². The van der Waals surface area contributed by atoms with Crippen molar-refractivity contribution in [2.75, 3.05) is 50.9 Å². The van der Waals surface area contributed by atoms with Gasteiger partial charge in [-0.15, -0.1) is 0 Å². The zero-order valence-corrected chi connectivity index (χ0v) is 12.3. The smallest absolute Gasteiger partial charge is 0.254 e. The van der Waals surface area contributed by atoms with Gasteiger partial charge in [-0.05, 0) is 12.1 Å². The number of carbonyl (C=O) groups excluding carboxylic acids is 1. The van der Waals surface area contributed by atoms with Crippen LogP contribution in [-0.4, -0.2) is 67.9 Å². The number of rotatable bonds is 2. The first-order valence-electron chi connectivity index (χ1n) is 7.37. The third-order valence-corrected chi connectivity index (χ3v) is 3.88. The summed E-state index contributed by atoms with van der Waals surface area (Å²) in [6.07, 6.45) is 1.17. The molecule has 1 atom stereocenters. The van der Waals surface area contributed by atoms with E-state index >= 15 is 0 Å². The van der Waals surface area contributed by atoms with E-state index in [1.54, 1.807) is 18.3 Å². The molecule has 0 saturated carbocycles. The molecular weight excluding hydrogens is 284 g/mol. The molecule has 7 heteroatoms. The van der Waals surface area contributed by atoms with Crippen molar-refractivity contribution in [1.82, 2.24) is 9.88 Å². The van der Waals surface area contributed by atoms with Crippen LogP contribution in [0.15, 0.2) is 18.3 Å². The largest absolute Gasteiger partial charge is 0.376 e. The number of hydrogen-bond acceptors (Lipinski definition) is 6. The first-order valence-corrected chi connectivity index (χ1v) is 7.37. The first kappa shape index (κ1) is 14.8. The number of hydrogen-bond donors (Lipinski definition) is 0. The van der Waals surface area contributed by atoms with Crippen molar-refractivity contribution in [2.45, 2.75) is 6.10 Å². The molecule has 0 radical (unpaired) electrons. The zero-order valence-electron chi connectivity index (χ0n) is 12.3. The standard InChI is InChI=1S/C15H18N4O3/c16-10-12-1-2-17-14(9-12)18-3-5-19(6-4-18)15(20)13-11-21-7-8-22-13/h1-2,9,13H,3-8,11H2/t13-/m1/s1. The minimum atomic E-state index is -0.472. The molecule has 3 heterocycles. The van der Waals surface area contributed by atoms with Crippen LogP contribution in [0.4, 0.5) is 5.82 Å². The molecule has 2 fully saturated rings. The SMILES string of the molecule is N#Cc1ccnc(N2CCN(C(=O)[C@H]3COCCO3)CC2)c1. The van der Waals surface area contributed by atoms with Crippen LogP contribution in [-0.2, 0) is 14.3 Å². The highest BCUT2D eigenvalue weighted by Crippen LogP contribution is 2.16. The first-order chi connectivity index (χ1) is 10.8. The molecule has 22 heavy (non-hydrogen) atoms. The lowest BCUT2D eigenvalue weighted by Crippen LogP contribution is -2.53. The summed E-state index contributed by atoms with van der Waals surface area (Å²) in [7, 11) is 0. The van der Waals surface area contributed by atoms with Gasteiger partial charge in [-0.2, -0.15) is 5.26 Å². The Morgan fingerprint density at radius 3 is 2.82 bits per heavy atom. The minimum absolute atomic E-state index is 0.00177. The number of aromatic nitrogens is 1. The summed E-state index contributed by atoms with van der Waals surface area (Å²) < 4.78 is 10.7. The van der Waals surface area contributed by atoms with Crippen LogP contribution in [0.3, 0.4) is 0 Å². The molecule has 2 aliphatic rings. The van der Waals surface area contributed by atoms with Crippen LogP contribution in [0.1, 0.15) is 5.56 Å². The molecule has 0 bridgehead atoms. The molecule has 0 aromatic carbocycles. The van der Waals surface area contributed by atoms with Gasteiger partial charge in [-0.1, -0.05) is 0 Å². The molecular formula is C15H18N4O3. The predicted octanol–water partition coefficient (Wildman–Crippen LogP) is 0.0173. The highest BCUT2D eigenvalue weighted by Gasteiger charge is 2.30. The normalized spacial score (nSPS) is 22.2. The molecule has 7 nitrogen and oxygen atoms in total. The number of carbonyl (C=O) groups is 1. The number of pyridine rings is 1. The van der Waals surface area contributed by atoms with Crippen LogP contribution in [0.25, 0.3) is 0 Å². The predicted molar refractivity (Wildman–Crippen MR) is 78.3 cm³/mol. The van der Waals surface area contributed by atoms with Gasteiger partial charge in [0.05, 0.1) is 31.5 Å². The zero-order chi connectivity index (χ0) is 15.4. The van der Waals surface area contributed by atoms with E-state index in [0.717, 1.165) is 5.82 Å². The van der Waals surface area contributed by atoms with Gasteiger partial charge in [-0.25, -0.2) is 4.98 Å². The van der Waals surface area contributed by atoms with Crippen molar-refractivity contribution in [3.8, 4) is 6.07 Å². The highest BCUT2D eigenvalue weighted by molar-refractivity contribution is 5.81. The summed E-state index contributed by atoms with van der Waals surface area (Å²) in [5, 5.41) is 8.94. The van der Waals surface area contributed by atoms with Crippen molar-refractivity contribution in [2.24, 2.45) is 0 Å². The molecule has 0 unspecified atom stereocenters. The van der Waals surface area contributed by atoms with Crippen LogP contribution < -0.4 is 4.90 Å². The van der Waals surface area contributed by atoms with Crippen molar-refractivity contribution < 1.29 is 14.3 Å². The van der Waals surface area contributed by atoms with Crippen molar-refractivity contribution in [1.29, 1.82) is 5.26 Å². The Hall–Kier alpha value is -2.17. The van der Waals surface area contributed by atoms with Crippen LogP contribution in [0.2, 0.25) is 0 Å². The maximum absolute atomic E-state index is 12.3. The average Bonchev–Trinajstić information content (AvgIpc) is 2.62. The Kier molecular flexibility index (Phi) is 4.51. The van der Waals surface area contributed by atoms with Gasteiger partial charge in [0.25, 0.3) is 5.91 Å². The molecule has 0 spiro atoms. The molecule has 0 aliphatic carbocycles. The number of piperazine rings is 1. The van der Waals surface area contributed by atoms with Gasteiger partial charge in [0.15, 0.2) is 6.10 Å². The van der Waals surface area contributed by atoms with Crippen molar-refractivity contribution >= 4 is 11.7 Å². The van der Waals surface area contributed by atoms with Gasteiger partial charge >= 0.3 is 0 Å². The summed E-state index contributed by atoms with van der Waals surface area (Å²) in [6, 6.07) is 5.57. The Morgan fingerprint density at radius 1 is 1.32 bits per heavy atom. The maximum atomic E-state index is 12.3. The van der Waals surface area contributed by atoms with Gasteiger partial charge in [0.2, 0.25) is 0 Å². The van der Waals surface area contributed by atoms with E-state index in [-0.39, 0.29) is 5.91 Å². The molecule has 2 aliphatic heterocycles. The second kappa shape index (κ2) is 6.73. The number of nitriles is 1. The van der Waals surface area contributed by atoms with Gasteiger partial charge < -0.3 is 19.3 Å². The van der Waals surface area contributed by atoms with Crippen molar-refractivity contribution in [3.63, 3.8) is 0 Å². The number of amides is 1. The third-order valence-electron chi connectivity index (χ3n) is 3.88. The minimum Gasteiger partial charge on any atom is -0.376 e. The second-order valence-electron chi connectivity index (χ2n) is 5.26. The fourth-order valence-corrected chi connectivity index (χ4v) is 2.65. The van der Waals surface area contributed by atoms with Crippen molar-refractivity contribution in [3.05, 3.63) is 23.9 Å². The lowest BCUT2D eigenvalue weighted by atomic mass is 10.2. The van der Waals surface area contributed by atoms with E-state index in [9.17, 15) is 4.79 Å². The molecule has 0 N–H and O–H groups in total. The molecule has 1 aromatic rings. The Labute approximate surface area is 129 Å². The monoisotopic (exact) mass is 302 g/mol. The van der Waals surface area contributed by atoms with Gasteiger partial charge in [-0.3, -0.25) is 4.79 Å². The highest BCUT2D eigenvalue weighted by atomic mass is 16.6. The average molecular weight is 302 g/mol. The lowest BCUT2D eigenvalue weighted by Gasteiger charge is -2.37. The molecule has 2 saturated heterocycles.